The van der Waals surface area contributed by atoms with Gasteiger partial charge in [0.15, 0.2) is 5.11 Å². The molecular weight excluding hydrogens is 438 g/mol. The van der Waals surface area contributed by atoms with Gasteiger partial charge in [0.25, 0.3) is 0 Å². The number of thiocarbonyl (C=S) groups is 2. The summed E-state index contributed by atoms with van der Waals surface area (Å²) in [6.45, 7) is 6.76. The van der Waals surface area contributed by atoms with Gasteiger partial charge in [-0.3, -0.25) is 14.5 Å². The molecule has 7 heteroatoms. The first-order valence-electron chi connectivity index (χ1n) is 11.3. The molecule has 2 heterocycles. The molecule has 2 amide bonds. The third kappa shape index (κ3) is 3.92. The molecule has 2 unspecified atom stereocenters. The number of carbonyl (C=O) groups is 2. The van der Waals surface area contributed by atoms with Crippen LogP contribution in [0.5, 0.6) is 0 Å². The van der Waals surface area contributed by atoms with Crippen LogP contribution >= 0.6 is 24.4 Å². The summed E-state index contributed by atoms with van der Waals surface area (Å²) in [7, 11) is 0. The fourth-order valence-electron chi connectivity index (χ4n) is 5.03. The lowest BCUT2D eigenvalue weighted by atomic mass is 9.92. The minimum absolute atomic E-state index is 0.0184. The quantitative estimate of drug-likeness (QED) is 0.608. The molecule has 1 saturated heterocycles. The van der Waals surface area contributed by atoms with Crippen molar-refractivity contribution in [2.24, 2.45) is 5.92 Å². The van der Waals surface area contributed by atoms with Crippen LogP contribution in [0.3, 0.4) is 0 Å². The van der Waals surface area contributed by atoms with Crippen molar-refractivity contribution in [1.29, 1.82) is 0 Å². The predicted molar refractivity (Wildman–Crippen MR) is 136 cm³/mol. The lowest BCUT2D eigenvalue weighted by molar-refractivity contribution is -0.130. The molecule has 0 N–H and O–H groups in total. The fourth-order valence-corrected chi connectivity index (χ4v) is 5.93. The number of hydrogen-bond donors (Lipinski definition) is 0. The highest BCUT2D eigenvalue weighted by molar-refractivity contribution is 7.82. The van der Waals surface area contributed by atoms with E-state index in [1.165, 1.54) is 5.57 Å². The minimum Gasteiger partial charge on any atom is -0.312 e. The number of anilines is 1. The highest BCUT2D eigenvalue weighted by Gasteiger charge is 2.40. The molecule has 0 saturated carbocycles. The standard InChI is InChI=1S/C25H29N3O2S2/c1-4-26-23(30)20(24(31)27(5-2)25(26)32)14-17-11-12-21-19(13-17)15-22(28(21)16(3)29)18-9-7-6-8-10-18/h6-7,9,11-13,20,22H,4-5,8,10,14-15H2,1-3H3. The third-order valence-electron chi connectivity index (χ3n) is 6.60. The number of hydrogen-bond acceptors (Lipinski definition) is 4. The molecule has 0 spiro atoms. The van der Waals surface area contributed by atoms with Crippen molar-refractivity contribution in [2.45, 2.75) is 52.5 Å². The van der Waals surface area contributed by atoms with Gasteiger partial charge in [-0.1, -0.05) is 42.6 Å². The van der Waals surface area contributed by atoms with Crippen LogP contribution < -0.4 is 4.90 Å². The predicted octanol–water partition coefficient (Wildman–Crippen LogP) is 4.20. The Balaban J connectivity index is 1.61. The average Bonchev–Trinajstić information content (AvgIpc) is 3.17. The molecule has 168 valence electrons. The molecule has 32 heavy (non-hydrogen) atoms. The Morgan fingerprint density at radius 2 is 1.91 bits per heavy atom. The molecule has 3 aliphatic rings. The Hall–Kier alpha value is -2.38. The average molecular weight is 468 g/mol. The van der Waals surface area contributed by atoms with Crippen LogP contribution in [0, 0.1) is 5.92 Å². The first-order valence-corrected chi connectivity index (χ1v) is 12.1. The Morgan fingerprint density at radius 1 is 1.16 bits per heavy atom. The summed E-state index contributed by atoms with van der Waals surface area (Å²) in [5, 5.41) is 0.505. The Labute approximate surface area is 200 Å². The van der Waals surface area contributed by atoms with Crippen molar-refractivity contribution in [3.05, 3.63) is 53.1 Å². The summed E-state index contributed by atoms with van der Waals surface area (Å²) in [6, 6.07) is 6.28. The molecule has 2 aliphatic heterocycles. The van der Waals surface area contributed by atoms with Gasteiger partial charge in [-0.15, -0.1) is 0 Å². The number of amides is 2. The minimum atomic E-state index is -0.401. The number of nitrogens with zero attached hydrogens (tertiary/aromatic N) is 3. The van der Waals surface area contributed by atoms with E-state index >= 15 is 0 Å². The Morgan fingerprint density at radius 3 is 2.53 bits per heavy atom. The summed E-state index contributed by atoms with van der Waals surface area (Å²) in [5.41, 5.74) is 4.49. The second-order valence-electron chi connectivity index (χ2n) is 8.48. The van der Waals surface area contributed by atoms with Gasteiger partial charge in [-0.05, 0) is 74.5 Å². The van der Waals surface area contributed by atoms with Crippen LogP contribution in [-0.4, -0.2) is 50.8 Å². The fraction of sp³-hybridized carbons (Fsp3) is 0.440. The maximum Gasteiger partial charge on any atom is 0.239 e. The molecule has 0 aromatic heterocycles. The van der Waals surface area contributed by atoms with E-state index in [9.17, 15) is 9.59 Å². The molecule has 1 aromatic rings. The van der Waals surface area contributed by atoms with Gasteiger partial charge in [-0.2, -0.15) is 0 Å². The van der Waals surface area contributed by atoms with Crippen LogP contribution in [0.15, 0.2) is 42.0 Å². The number of allylic oxidation sites excluding steroid dienone is 3. The largest absolute Gasteiger partial charge is 0.312 e. The van der Waals surface area contributed by atoms with Gasteiger partial charge in [0, 0.05) is 25.7 Å². The van der Waals surface area contributed by atoms with Gasteiger partial charge in [0.2, 0.25) is 11.8 Å². The number of carbonyl (C=O) groups excluding carboxylic acids is 2. The molecule has 0 bridgehead atoms. The third-order valence-corrected chi connectivity index (χ3v) is 7.55. The normalized spacial score (nSPS) is 23.0. The maximum absolute atomic E-state index is 13.1. The van der Waals surface area contributed by atoms with Crippen LogP contribution in [0.25, 0.3) is 0 Å². The van der Waals surface area contributed by atoms with Gasteiger partial charge in [0.05, 0.1) is 16.9 Å². The summed E-state index contributed by atoms with van der Waals surface area (Å²) in [6.07, 6.45) is 9.74. The first kappa shape index (κ1) is 22.8. The molecule has 1 fully saturated rings. The van der Waals surface area contributed by atoms with E-state index in [2.05, 4.69) is 24.3 Å². The summed E-state index contributed by atoms with van der Waals surface area (Å²) >= 11 is 11.2. The van der Waals surface area contributed by atoms with Crippen LogP contribution in [0.4, 0.5) is 5.69 Å². The van der Waals surface area contributed by atoms with E-state index in [0.717, 1.165) is 36.1 Å². The number of rotatable bonds is 5. The SMILES string of the molecule is CCN1C(=O)C(Cc2ccc3c(c2)CC(C2=CC=CCC2)N3C(C)=O)C(=S)N(CC)C1=S. The molecule has 1 aromatic carbocycles. The summed E-state index contributed by atoms with van der Waals surface area (Å²) < 4.78 is 0. The smallest absolute Gasteiger partial charge is 0.239 e. The van der Waals surface area contributed by atoms with Crippen LogP contribution in [-0.2, 0) is 22.4 Å². The van der Waals surface area contributed by atoms with Crippen molar-refractivity contribution >= 4 is 52.0 Å². The zero-order valence-corrected chi connectivity index (χ0v) is 20.5. The monoisotopic (exact) mass is 467 g/mol. The second-order valence-corrected chi connectivity index (χ2v) is 9.27. The molecule has 1 aliphatic carbocycles. The van der Waals surface area contributed by atoms with E-state index in [-0.39, 0.29) is 17.9 Å². The van der Waals surface area contributed by atoms with E-state index in [0.29, 0.717) is 29.6 Å². The first-order chi connectivity index (χ1) is 15.4. The number of benzene rings is 1. The Bertz CT molecular complexity index is 1020. The highest BCUT2D eigenvalue weighted by Crippen LogP contribution is 2.38. The van der Waals surface area contributed by atoms with Crippen molar-refractivity contribution in [3.63, 3.8) is 0 Å². The summed E-state index contributed by atoms with van der Waals surface area (Å²) in [5.74, 6) is -0.358. The van der Waals surface area contributed by atoms with E-state index < -0.39 is 5.92 Å². The van der Waals surface area contributed by atoms with Gasteiger partial charge < -0.3 is 9.80 Å². The molecule has 4 rings (SSSR count). The van der Waals surface area contributed by atoms with Crippen LogP contribution in [0.2, 0.25) is 0 Å². The number of fused-ring (bicyclic) bond motifs is 1. The maximum atomic E-state index is 13.1. The van der Waals surface area contributed by atoms with Crippen LogP contribution in [0.1, 0.15) is 44.7 Å². The zero-order chi connectivity index (χ0) is 23.0. The van der Waals surface area contributed by atoms with Gasteiger partial charge >= 0.3 is 0 Å². The highest BCUT2D eigenvalue weighted by atomic mass is 32.1. The zero-order valence-electron chi connectivity index (χ0n) is 18.8. The lowest BCUT2D eigenvalue weighted by Crippen LogP contribution is -2.59. The Kier molecular flexibility index (Phi) is 6.58. The second kappa shape index (κ2) is 9.24. The van der Waals surface area contributed by atoms with Crippen molar-refractivity contribution < 1.29 is 9.59 Å². The molecule has 0 radical (unpaired) electrons. The molecule has 5 nitrogen and oxygen atoms in total. The topological polar surface area (TPSA) is 43.9 Å². The van der Waals surface area contributed by atoms with Gasteiger partial charge in [0.1, 0.15) is 0 Å². The summed E-state index contributed by atoms with van der Waals surface area (Å²) in [4.78, 5) is 31.7. The van der Waals surface area contributed by atoms with Gasteiger partial charge in [-0.25, -0.2) is 0 Å². The van der Waals surface area contributed by atoms with Crippen molar-refractivity contribution in [2.75, 3.05) is 18.0 Å². The van der Waals surface area contributed by atoms with E-state index in [1.54, 1.807) is 11.8 Å². The van der Waals surface area contributed by atoms with E-state index in [4.69, 9.17) is 24.4 Å². The molecular formula is C25H29N3O2S2. The molecule has 2 atom stereocenters. The van der Waals surface area contributed by atoms with Crippen molar-refractivity contribution in [1.82, 2.24) is 9.80 Å². The van der Waals surface area contributed by atoms with Crippen molar-refractivity contribution in [3.8, 4) is 0 Å². The lowest BCUT2D eigenvalue weighted by Gasteiger charge is -2.40. The van der Waals surface area contributed by atoms with E-state index in [1.807, 2.05) is 35.8 Å².